The fourth-order valence-electron chi connectivity index (χ4n) is 1.42. The lowest BCUT2D eigenvalue weighted by molar-refractivity contribution is -0.114. The molecule has 0 unspecified atom stereocenters. The number of amides is 1. The van der Waals surface area contributed by atoms with Gasteiger partial charge in [-0.25, -0.2) is 9.97 Å². The molecule has 0 aromatic carbocycles. The van der Waals surface area contributed by atoms with E-state index in [4.69, 9.17) is 0 Å². The Morgan fingerprint density at radius 2 is 2.24 bits per heavy atom. The predicted molar refractivity (Wildman–Crippen MR) is 71.6 cm³/mol. The molecule has 2 aromatic heterocycles. The summed E-state index contributed by atoms with van der Waals surface area (Å²) in [6.07, 6.45) is 0.946. The van der Waals surface area contributed by atoms with Crippen molar-refractivity contribution in [1.82, 2.24) is 9.97 Å². The highest BCUT2D eigenvalue weighted by molar-refractivity contribution is 7.19. The normalized spacial score (nSPS) is 10.5. The van der Waals surface area contributed by atoms with Crippen LogP contribution in [0.5, 0.6) is 0 Å². The van der Waals surface area contributed by atoms with Gasteiger partial charge < -0.3 is 5.32 Å². The summed E-state index contributed by atoms with van der Waals surface area (Å²) in [5.74, 6) is -0.0992. The highest BCUT2D eigenvalue weighted by Crippen LogP contribution is 2.33. The highest BCUT2D eigenvalue weighted by Gasteiger charge is 2.13. The summed E-state index contributed by atoms with van der Waals surface area (Å²) in [5, 5.41) is 6.49. The second-order valence-corrected chi connectivity index (χ2v) is 5.54. The van der Waals surface area contributed by atoms with Crippen LogP contribution in [0.15, 0.2) is 5.38 Å². The van der Waals surface area contributed by atoms with E-state index in [-0.39, 0.29) is 5.91 Å². The summed E-state index contributed by atoms with van der Waals surface area (Å²) >= 11 is 3.12. The summed E-state index contributed by atoms with van der Waals surface area (Å²) in [5.41, 5.74) is 1.87. The number of nitrogens with zero attached hydrogens (tertiary/aromatic N) is 2. The molecule has 6 heteroatoms. The molecule has 0 saturated carbocycles. The molecule has 2 heterocycles. The van der Waals surface area contributed by atoms with Gasteiger partial charge in [-0.2, -0.15) is 0 Å². The van der Waals surface area contributed by atoms with E-state index in [2.05, 4.69) is 22.2 Å². The largest absolute Gasteiger partial charge is 0.302 e. The Bertz CT molecular complexity index is 545. The van der Waals surface area contributed by atoms with Gasteiger partial charge in [0.05, 0.1) is 21.3 Å². The van der Waals surface area contributed by atoms with Crippen LogP contribution in [-0.4, -0.2) is 15.9 Å². The number of carbonyl (C=O) groups excluding carboxylic acids is 1. The van der Waals surface area contributed by atoms with E-state index in [1.807, 2.05) is 12.3 Å². The molecule has 1 amide bonds. The zero-order valence-electron chi connectivity index (χ0n) is 9.90. The van der Waals surface area contributed by atoms with E-state index in [0.717, 1.165) is 27.7 Å². The Kier molecular flexibility index (Phi) is 3.54. The fraction of sp³-hybridized carbons (Fsp3) is 0.364. The predicted octanol–water partition coefficient (Wildman–Crippen LogP) is 3.10. The monoisotopic (exact) mass is 267 g/mol. The molecule has 0 radical (unpaired) electrons. The molecule has 0 aliphatic rings. The van der Waals surface area contributed by atoms with Crippen LogP contribution in [0.4, 0.5) is 5.13 Å². The van der Waals surface area contributed by atoms with E-state index in [1.54, 1.807) is 11.3 Å². The molecular weight excluding hydrogens is 254 g/mol. The Morgan fingerprint density at radius 1 is 1.47 bits per heavy atom. The third-order valence-corrected chi connectivity index (χ3v) is 4.25. The molecule has 0 saturated heterocycles. The second kappa shape index (κ2) is 4.93. The lowest BCUT2D eigenvalue weighted by Gasteiger charge is -1.92. The number of anilines is 1. The lowest BCUT2D eigenvalue weighted by Crippen LogP contribution is -2.04. The Balaban J connectivity index is 2.32. The van der Waals surface area contributed by atoms with Crippen LogP contribution >= 0.6 is 22.7 Å². The maximum Gasteiger partial charge on any atom is 0.223 e. The molecule has 0 atom stereocenters. The molecule has 0 fully saturated rings. The van der Waals surface area contributed by atoms with Gasteiger partial charge in [0.2, 0.25) is 5.91 Å². The molecule has 0 bridgehead atoms. The van der Waals surface area contributed by atoms with E-state index in [9.17, 15) is 4.79 Å². The third-order valence-electron chi connectivity index (χ3n) is 2.17. The molecular formula is C11H13N3OS2. The molecule has 4 nitrogen and oxygen atoms in total. The summed E-state index contributed by atoms with van der Waals surface area (Å²) < 4.78 is 0. The van der Waals surface area contributed by atoms with Gasteiger partial charge in [0.15, 0.2) is 5.13 Å². The number of aromatic nitrogens is 2. The molecule has 0 spiro atoms. The molecule has 2 rings (SSSR count). The summed E-state index contributed by atoms with van der Waals surface area (Å²) in [6, 6.07) is 0. The molecule has 90 valence electrons. The highest BCUT2D eigenvalue weighted by atomic mass is 32.1. The van der Waals surface area contributed by atoms with Crippen molar-refractivity contribution in [3.8, 4) is 10.6 Å². The van der Waals surface area contributed by atoms with Crippen LogP contribution in [0.2, 0.25) is 0 Å². The van der Waals surface area contributed by atoms with Crippen molar-refractivity contribution in [3.05, 3.63) is 16.1 Å². The third kappa shape index (κ3) is 2.70. The van der Waals surface area contributed by atoms with Gasteiger partial charge in [-0.15, -0.1) is 11.3 Å². The fourth-order valence-corrected chi connectivity index (χ4v) is 3.20. The van der Waals surface area contributed by atoms with Gasteiger partial charge in [-0.05, 0) is 13.3 Å². The lowest BCUT2D eigenvalue weighted by atomic mass is 10.3. The van der Waals surface area contributed by atoms with Crippen LogP contribution < -0.4 is 5.32 Å². The van der Waals surface area contributed by atoms with Crippen LogP contribution in [-0.2, 0) is 11.2 Å². The standard InChI is InChI=1S/C11H13N3OS2/c1-4-9-14-8(5-16-9)10-6(2)12-11(17-10)13-7(3)15/h5H,4H2,1-3H3,(H,12,13,15). The molecule has 17 heavy (non-hydrogen) atoms. The Morgan fingerprint density at radius 3 is 2.82 bits per heavy atom. The Hall–Kier alpha value is -1.27. The maximum absolute atomic E-state index is 11.0. The van der Waals surface area contributed by atoms with Crippen molar-refractivity contribution in [3.63, 3.8) is 0 Å². The van der Waals surface area contributed by atoms with Crippen molar-refractivity contribution < 1.29 is 4.79 Å². The van der Waals surface area contributed by atoms with Crippen molar-refractivity contribution in [2.45, 2.75) is 27.2 Å². The van der Waals surface area contributed by atoms with Crippen LogP contribution in [0.25, 0.3) is 10.6 Å². The summed E-state index contributed by atoms with van der Waals surface area (Å²) in [7, 11) is 0. The zero-order chi connectivity index (χ0) is 12.4. The van der Waals surface area contributed by atoms with Crippen molar-refractivity contribution in [1.29, 1.82) is 0 Å². The van der Waals surface area contributed by atoms with Gasteiger partial charge in [0.25, 0.3) is 0 Å². The first-order valence-electron chi connectivity index (χ1n) is 5.30. The average Bonchev–Trinajstić information content (AvgIpc) is 2.83. The van der Waals surface area contributed by atoms with Crippen molar-refractivity contribution >= 4 is 33.7 Å². The van der Waals surface area contributed by atoms with E-state index >= 15 is 0 Å². The molecule has 2 aromatic rings. The topological polar surface area (TPSA) is 54.9 Å². The van der Waals surface area contributed by atoms with Crippen molar-refractivity contribution in [2.75, 3.05) is 5.32 Å². The smallest absolute Gasteiger partial charge is 0.223 e. The minimum absolute atomic E-state index is 0.0992. The van der Waals surface area contributed by atoms with Gasteiger partial charge in [0.1, 0.15) is 0 Å². The number of nitrogens with one attached hydrogen (secondary N) is 1. The van der Waals surface area contributed by atoms with Crippen LogP contribution in [0, 0.1) is 6.92 Å². The van der Waals surface area contributed by atoms with Crippen molar-refractivity contribution in [2.24, 2.45) is 0 Å². The second-order valence-electron chi connectivity index (χ2n) is 3.59. The molecule has 0 aliphatic carbocycles. The quantitative estimate of drug-likeness (QED) is 0.929. The number of thiazole rings is 2. The first-order valence-corrected chi connectivity index (χ1v) is 6.99. The van der Waals surface area contributed by atoms with Crippen LogP contribution in [0.1, 0.15) is 24.5 Å². The van der Waals surface area contributed by atoms with E-state index in [1.165, 1.54) is 18.3 Å². The minimum Gasteiger partial charge on any atom is -0.302 e. The first kappa shape index (κ1) is 12.2. The number of hydrogen-bond donors (Lipinski definition) is 1. The van der Waals surface area contributed by atoms with Crippen LogP contribution in [0.3, 0.4) is 0 Å². The first-order chi connectivity index (χ1) is 8.10. The van der Waals surface area contributed by atoms with Gasteiger partial charge in [0, 0.05) is 12.3 Å². The molecule has 0 aliphatic heterocycles. The number of rotatable bonds is 3. The van der Waals surface area contributed by atoms with Gasteiger partial charge in [-0.3, -0.25) is 4.79 Å². The minimum atomic E-state index is -0.0992. The Labute approximate surface area is 108 Å². The number of hydrogen-bond acceptors (Lipinski definition) is 5. The number of aryl methyl sites for hydroxylation is 2. The summed E-state index contributed by atoms with van der Waals surface area (Å²) in [4.78, 5) is 20.8. The van der Waals surface area contributed by atoms with E-state index in [0.29, 0.717) is 5.13 Å². The van der Waals surface area contributed by atoms with Gasteiger partial charge in [-0.1, -0.05) is 18.3 Å². The average molecular weight is 267 g/mol. The van der Waals surface area contributed by atoms with E-state index < -0.39 is 0 Å². The molecule has 1 N–H and O–H groups in total. The number of carbonyl (C=O) groups is 1. The van der Waals surface area contributed by atoms with Gasteiger partial charge >= 0.3 is 0 Å². The zero-order valence-corrected chi connectivity index (χ0v) is 11.5. The maximum atomic E-state index is 11.0. The summed E-state index contributed by atoms with van der Waals surface area (Å²) in [6.45, 7) is 5.50. The SMILES string of the molecule is CCc1nc(-c2sc(NC(C)=O)nc2C)cs1.